The third-order valence-electron chi connectivity index (χ3n) is 1.11. The molecule has 0 amide bonds. The molecule has 0 aliphatic rings. The molecule has 0 aromatic heterocycles. The predicted molar refractivity (Wildman–Crippen MR) is 42.0 cm³/mol. The van der Waals surface area contributed by atoms with E-state index in [1.807, 2.05) is 6.08 Å². The average Bonchev–Trinajstić information content (AvgIpc) is 1.87. The third kappa shape index (κ3) is 7.08. The Bertz CT molecular complexity index is 121. The number of hydrogen-bond acceptors (Lipinski definition) is 2. The van der Waals surface area contributed by atoms with Crippen LogP contribution in [-0.2, 0) is 0 Å². The van der Waals surface area contributed by atoms with Gasteiger partial charge in [-0.1, -0.05) is 31.9 Å². The zero-order valence-electron chi connectivity index (χ0n) is 6.25. The molecule has 0 atom stereocenters. The topological polar surface area (TPSA) is 40.5 Å². The van der Waals surface area contributed by atoms with Crippen molar-refractivity contribution in [1.82, 2.24) is 0 Å². The maximum absolute atomic E-state index is 8.27. The summed E-state index contributed by atoms with van der Waals surface area (Å²) in [6.45, 7) is 2.12. The number of allylic oxidation sites excluding steroid dienone is 3. The van der Waals surface area contributed by atoms with E-state index < -0.39 is 5.95 Å². The van der Waals surface area contributed by atoms with Crippen molar-refractivity contribution in [3.8, 4) is 0 Å². The summed E-state index contributed by atoms with van der Waals surface area (Å²) in [4.78, 5) is 0. The van der Waals surface area contributed by atoms with Crippen molar-refractivity contribution in [2.45, 2.75) is 26.2 Å². The molecule has 2 N–H and O–H groups in total. The Hall–Kier alpha value is -0.920. The number of aliphatic hydroxyl groups excluding tert-OH is 1. The number of hydrogen-bond donors (Lipinski definition) is 2. The smallest absolute Gasteiger partial charge is 0.274 e. The summed E-state index contributed by atoms with van der Waals surface area (Å²) in [6.07, 6.45) is 8.13. The Kier molecular flexibility index (Phi) is 5.63. The van der Waals surface area contributed by atoms with Gasteiger partial charge in [0.15, 0.2) is 0 Å². The molecule has 0 saturated heterocycles. The van der Waals surface area contributed by atoms with Gasteiger partial charge in [-0.05, 0) is 6.42 Å². The molecule has 0 aromatic rings. The molecule has 0 radical (unpaired) electrons. The van der Waals surface area contributed by atoms with Crippen molar-refractivity contribution in [3.05, 3.63) is 24.2 Å². The standard InChI is InChI=1S/C8H14O2/c1-2-3-4-5-6-7-8(9)10/h5-7,9-10H,2-4H2,1H3. The molecule has 0 fully saturated rings. The highest BCUT2D eigenvalue weighted by molar-refractivity contribution is 5.01. The monoisotopic (exact) mass is 142 g/mol. The van der Waals surface area contributed by atoms with Gasteiger partial charge in [-0.3, -0.25) is 0 Å². The van der Waals surface area contributed by atoms with Crippen LogP contribution in [-0.4, -0.2) is 10.2 Å². The summed E-state index contributed by atoms with van der Waals surface area (Å²) < 4.78 is 0. The molecular weight excluding hydrogens is 128 g/mol. The maximum Gasteiger partial charge on any atom is 0.274 e. The second-order valence-corrected chi connectivity index (χ2v) is 2.10. The summed E-state index contributed by atoms with van der Waals surface area (Å²) in [7, 11) is 0. The first-order chi connectivity index (χ1) is 4.77. The lowest BCUT2D eigenvalue weighted by Gasteiger charge is -1.85. The summed E-state index contributed by atoms with van der Waals surface area (Å²) in [5, 5.41) is 16.5. The lowest BCUT2D eigenvalue weighted by molar-refractivity contribution is 0.191. The number of aliphatic hydroxyl groups is 2. The molecule has 58 valence electrons. The van der Waals surface area contributed by atoms with Gasteiger partial charge in [-0.2, -0.15) is 0 Å². The minimum atomic E-state index is -0.632. The Morgan fingerprint density at radius 3 is 2.60 bits per heavy atom. The molecule has 0 bridgehead atoms. The highest BCUT2D eigenvalue weighted by Crippen LogP contribution is 1.95. The third-order valence-corrected chi connectivity index (χ3v) is 1.11. The van der Waals surface area contributed by atoms with Crippen molar-refractivity contribution in [3.63, 3.8) is 0 Å². The molecule has 0 aromatic carbocycles. The van der Waals surface area contributed by atoms with Crippen LogP contribution in [0.3, 0.4) is 0 Å². The number of unbranched alkanes of at least 4 members (excludes halogenated alkanes) is 2. The molecule has 0 unspecified atom stereocenters. The number of rotatable bonds is 4. The van der Waals surface area contributed by atoms with Crippen molar-refractivity contribution in [2.24, 2.45) is 0 Å². The van der Waals surface area contributed by atoms with Gasteiger partial charge in [-0.15, -0.1) is 0 Å². The Morgan fingerprint density at radius 2 is 2.10 bits per heavy atom. The highest BCUT2D eigenvalue weighted by Gasteiger charge is 1.78. The highest BCUT2D eigenvalue weighted by atomic mass is 16.5. The minimum absolute atomic E-state index is 0.632. The Labute approximate surface area is 61.5 Å². The summed E-state index contributed by atoms with van der Waals surface area (Å²) in [6, 6.07) is 0. The zero-order chi connectivity index (χ0) is 7.82. The van der Waals surface area contributed by atoms with E-state index in [0.29, 0.717) is 0 Å². The summed E-state index contributed by atoms with van der Waals surface area (Å²) >= 11 is 0. The van der Waals surface area contributed by atoms with Crippen LogP contribution < -0.4 is 0 Å². The van der Waals surface area contributed by atoms with E-state index in [2.05, 4.69) is 6.92 Å². The van der Waals surface area contributed by atoms with Gasteiger partial charge >= 0.3 is 0 Å². The molecule has 0 heterocycles. The molecule has 0 spiro atoms. The molecule has 2 heteroatoms. The van der Waals surface area contributed by atoms with Gasteiger partial charge < -0.3 is 10.2 Å². The molecule has 10 heavy (non-hydrogen) atoms. The second kappa shape index (κ2) is 6.20. The van der Waals surface area contributed by atoms with Gasteiger partial charge in [0, 0.05) is 6.08 Å². The van der Waals surface area contributed by atoms with Gasteiger partial charge in [-0.25, -0.2) is 0 Å². The van der Waals surface area contributed by atoms with E-state index in [-0.39, 0.29) is 0 Å². The molecule has 0 saturated carbocycles. The van der Waals surface area contributed by atoms with Crippen LogP contribution in [0.4, 0.5) is 0 Å². The van der Waals surface area contributed by atoms with Gasteiger partial charge in [0.2, 0.25) is 0 Å². The maximum atomic E-state index is 8.27. The van der Waals surface area contributed by atoms with E-state index in [1.54, 1.807) is 6.08 Å². The zero-order valence-corrected chi connectivity index (χ0v) is 6.25. The van der Waals surface area contributed by atoms with Crippen LogP contribution >= 0.6 is 0 Å². The van der Waals surface area contributed by atoms with Crippen molar-refractivity contribution >= 4 is 0 Å². The fourth-order valence-electron chi connectivity index (χ4n) is 0.572. The Morgan fingerprint density at radius 1 is 1.40 bits per heavy atom. The quantitative estimate of drug-likeness (QED) is 0.360. The largest absolute Gasteiger partial charge is 0.481 e. The van der Waals surface area contributed by atoms with Crippen LogP contribution in [0.2, 0.25) is 0 Å². The first-order valence-electron chi connectivity index (χ1n) is 3.52. The van der Waals surface area contributed by atoms with E-state index in [0.717, 1.165) is 12.8 Å². The summed E-state index contributed by atoms with van der Waals surface area (Å²) in [5.41, 5.74) is 0. The molecule has 2 nitrogen and oxygen atoms in total. The Balaban J connectivity index is 3.29. The van der Waals surface area contributed by atoms with Crippen molar-refractivity contribution < 1.29 is 10.2 Å². The minimum Gasteiger partial charge on any atom is -0.481 e. The van der Waals surface area contributed by atoms with Crippen LogP contribution in [0.1, 0.15) is 26.2 Å². The lowest BCUT2D eigenvalue weighted by atomic mass is 10.2. The van der Waals surface area contributed by atoms with E-state index in [4.69, 9.17) is 10.2 Å². The van der Waals surface area contributed by atoms with Crippen molar-refractivity contribution in [2.75, 3.05) is 0 Å². The fourth-order valence-corrected chi connectivity index (χ4v) is 0.572. The van der Waals surface area contributed by atoms with Crippen LogP contribution in [0.25, 0.3) is 0 Å². The molecule has 0 aliphatic heterocycles. The first-order valence-corrected chi connectivity index (χ1v) is 3.52. The van der Waals surface area contributed by atoms with E-state index in [9.17, 15) is 0 Å². The normalized spacial score (nSPS) is 10.1. The van der Waals surface area contributed by atoms with Gasteiger partial charge in [0.1, 0.15) is 0 Å². The fraction of sp³-hybridized carbons (Fsp3) is 0.500. The average molecular weight is 142 g/mol. The molecular formula is C8H14O2. The summed E-state index contributed by atoms with van der Waals surface area (Å²) in [5.74, 6) is -0.632. The van der Waals surface area contributed by atoms with Crippen molar-refractivity contribution in [1.29, 1.82) is 0 Å². The van der Waals surface area contributed by atoms with Gasteiger partial charge in [0.05, 0.1) is 0 Å². The van der Waals surface area contributed by atoms with E-state index in [1.165, 1.54) is 12.5 Å². The van der Waals surface area contributed by atoms with Crippen LogP contribution in [0.5, 0.6) is 0 Å². The SMILES string of the molecule is CCCCC=CC=C(O)O. The molecule has 0 aliphatic carbocycles. The second-order valence-electron chi connectivity index (χ2n) is 2.10. The predicted octanol–water partition coefficient (Wildman–Crippen LogP) is 2.69. The lowest BCUT2D eigenvalue weighted by Crippen LogP contribution is -1.71. The van der Waals surface area contributed by atoms with Crippen LogP contribution in [0, 0.1) is 0 Å². The first kappa shape index (κ1) is 9.08. The van der Waals surface area contributed by atoms with E-state index >= 15 is 0 Å². The van der Waals surface area contributed by atoms with Gasteiger partial charge in [0.25, 0.3) is 5.95 Å². The molecule has 0 rings (SSSR count). The van der Waals surface area contributed by atoms with Crippen LogP contribution in [0.15, 0.2) is 24.2 Å².